The summed E-state index contributed by atoms with van der Waals surface area (Å²) < 4.78 is 5.15. The minimum atomic E-state index is -0.309. The van der Waals surface area contributed by atoms with Gasteiger partial charge in [-0.15, -0.1) is 0 Å². The molecule has 3 rings (SSSR count). The lowest BCUT2D eigenvalue weighted by Crippen LogP contribution is -2.13. The highest BCUT2D eigenvalue weighted by molar-refractivity contribution is 6.11. The van der Waals surface area contributed by atoms with E-state index in [-0.39, 0.29) is 12.5 Å². The van der Waals surface area contributed by atoms with Crippen molar-refractivity contribution in [2.75, 3.05) is 12.4 Å². The number of hydrogen-bond acceptors (Lipinski definition) is 4. The van der Waals surface area contributed by atoms with Gasteiger partial charge in [0.1, 0.15) is 5.75 Å². The Labute approximate surface area is 133 Å². The van der Waals surface area contributed by atoms with Gasteiger partial charge in [-0.2, -0.15) is 5.10 Å². The molecule has 1 amide bonds. The number of benzene rings is 2. The number of methoxy groups -OCH3 is 1. The van der Waals surface area contributed by atoms with E-state index in [1.165, 1.54) is 7.11 Å². The van der Waals surface area contributed by atoms with Crippen molar-refractivity contribution in [2.45, 2.75) is 13.5 Å². The Morgan fingerprint density at radius 2 is 2.13 bits per heavy atom. The van der Waals surface area contributed by atoms with Crippen LogP contribution in [0.5, 0.6) is 5.75 Å². The Bertz CT molecular complexity index is 871. The highest BCUT2D eigenvalue weighted by Gasteiger charge is 2.15. The summed E-state index contributed by atoms with van der Waals surface area (Å²) in [7, 11) is 1.53. The van der Waals surface area contributed by atoms with Gasteiger partial charge in [0.15, 0.2) is 5.69 Å². The Hall–Kier alpha value is -2.86. The first-order chi connectivity index (χ1) is 11.1. The third-order valence-corrected chi connectivity index (χ3v) is 3.64. The molecule has 0 fully saturated rings. The molecule has 0 aliphatic rings. The number of aryl methyl sites for hydroxylation is 1. The van der Waals surface area contributed by atoms with Gasteiger partial charge >= 0.3 is 0 Å². The van der Waals surface area contributed by atoms with Gasteiger partial charge in [0.05, 0.1) is 19.2 Å². The van der Waals surface area contributed by atoms with E-state index < -0.39 is 0 Å². The molecule has 6 heteroatoms. The maximum absolute atomic E-state index is 12.5. The number of aromatic nitrogens is 2. The van der Waals surface area contributed by atoms with Crippen molar-refractivity contribution in [3.63, 3.8) is 0 Å². The van der Waals surface area contributed by atoms with E-state index in [1.807, 2.05) is 25.1 Å². The van der Waals surface area contributed by atoms with Crippen LogP contribution in [0.15, 0.2) is 36.4 Å². The molecule has 0 aliphatic heterocycles. The van der Waals surface area contributed by atoms with Gasteiger partial charge in [0.2, 0.25) is 0 Å². The Balaban J connectivity index is 1.90. The van der Waals surface area contributed by atoms with Crippen LogP contribution in [0.25, 0.3) is 10.9 Å². The normalized spacial score (nSPS) is 10.7. The number of hydrogen-bond donors (Lipinski definition) is 3. The lowest BCUT2D eigenvalue weighted by molar-refractivity contribution is 0.102. The van der Waals surface area contributed by atoms with Crippen molar-refractivity contribution in [1.29, 1.82) is 0 Å². The molecule has 3 N–H and O–H groups in total. The predicted octanol–water partition coefficient (Wildman–Crippen LogP) is 2.62. The first-order valence-electron chi connectivity index (χ1n) is 7.16. The number of nitrogens with zero attached hydrogens (tertiary/aromatic N) is 1. The highest BCUT2D eigenvalue weighted by atomic mass is 16.5. The molecule has 0 atom stereocenters. The number of carbonyl (C=O) groups is 1. The largest absolute Gasteiger partial charge is 0.496 e. The lowest BCUT2D eigenvalue weighted by atomic mass is 10.1. The van der Waals surface area contributed by atoms with E-state index in [0.717, 1.165) is 16.5 Å². The fourth-order valence-corrected chi connectivity index (χ4v) is 2.47. The Morgan fingerprint density at radius 1 is 1.30 bits per heavy atom. The zero-order valence-corrected chi connectivity index (χ0v) is 12.9. The quantitative estimate of drug-likeness (QED) is 0.691. The van der Waals surface area contributed by atoms with Gasteiger partial charge in [-0.1, -0.05) is 11.6 Å². The molecule has 0 aliphatic carbocycles. The third-order valence-electron chi connectivity index (χ3n) is 3.64. The average molecular weight is 311 g/mol. The standard InChI is InChI=1S/C17H17N3O3/c1-10-3-5-14-13(7-10)16(20-19-14)17(22)18-12-4-6-15(23-2)11(8-12)9-21/h3-8,21H,9H2,1-2H3,(H,18,22)(H,19,20). The number of H-pyrrole nitrogens is 1. The molecular weight excluding hydrogens is 294 g/mol. The van der Waals surface area contributed by atoms with Crippen LogP contribution < -0.4 is 10.1 Å². The van der Waals surface area contributed by atoms with Gasteiger partial charge in [0, 0.05) is 16.6 Å². The van der Waals surface area contributed by atoms with E-state index in [1.54, 1.807) is 18.2 Å². The number of aliphatic hydroxyl groups is 1. The molecule has 3 aromatic rings. The van der Waals surface area contributed by atoms with E-state index in [0.29, 0.717) is 22.7 Å². The second-order valence-electron chi connectivity index (χ2n) is 5.26. The average Bonchev–Trinajstić information content (AvgIpc) is 2.97. The number of nitrogens with one attached hydrogen (secondary N) is 2. The molecule has 118 valence electrons. The monoisotopic (exact) mass is 311 g/mol. The van der Waals surface area contributed by atoms with Crippen LogP contribution in [-0.4, -0.2) is 28.3 Å². The zero-order valence-electron chi connectivity index (χ0n) is 12.9. The number of amides is 1. The first kappa shape index (κ1) is 15.1. The second-order valence-corrected chi connectivity index (χ2v) is 5.26. The van der Waals surface area contributed by atoms with Crippen LogP contribution in [0.2, 0.25) is 0 Å². The summed E-state index contributed by atoms with van der Waals surface area (Å²) in [6, 6.07) is 10.9. The number of anilines is 1. The Kier molecular flexibility index (Phi) is 3.99. The molecule has 6 nitrogen and oxygen atoms in total. The first-order valence-corrected chi connectivity index (χ1v) is 7.16. The number of ether oxygens (including phenoxy) is 1. The van der Waals surface area contributed by atoms with Gasteiger partial charge < -0.3 is 15.2 Å². The van der Waals surface area contributed by atoms with Gasteiger partial charge in [-0.3, -0.25) is 9.89 Å². The van der Waals surface area contributed by atoms with Crippen LogP contribution in [0.1, 0.15) is 21.6 Å². The van der Waals surface area contributed by atoms with Gasteiger partial charge in [-0.05, 0) is 37.3 Å². The number of aromatic amines is 1. The molecule has 2 aromatic carbocycles. The van der Waals surface area contributed by atoms with Crippen molar-refractivity contribution in [1.82, 2.24) is 10.2 Å². The molecule has 1 aromatic heterocycles. The van der Waals surface area contributed by atoms with Crippen LogP contribution >= 0.6 is 0 Å². The minimum absolute atomic E-state index is 0.169. The topological polar surface area (TPSA) is 87.2 Å². The molecule has 0 radical (unpaired) electrons. The van der Waals surface area contributed by atoms with Crippen molar-refractivity contribution >= 4 is 22.5 Å². The maximum Gasteiger partial charge on any atom is 0.276 e. The van der Waals surface area contributed by atoms with E-state index in [9.17, 15) is 9.90 Å². The second kappa shape index (κ2) is 6.10. The molecule has 0 spiro atoms. The highest BCUT2D eigenvalue weighted by Crippen LogP contribution is 2.24. The Morgan fingerprint density at radius 3 is 2.87 bits per heavy atom. The summed E-state index contributed by atoms with van der Waals surface area (Å²) in [6.07, 6.45) is 0. The molecule has 23 heavy (non-hydrogen) atoms. The number of aliphatic hydroxyl groups excluding tert-OH is 1. The summed E-state index contributed by atoms with van der Waals surface area (Å²) in [6.45, 7) is 1.79. The predicted molar refractivity (Wildman–Crippen MR) is 87.7 cm³/mol. The summed E-state index contributed by atoms with van der Waals surface area (Å²) in [5.41, 5.74) is 3.38. The smallest absolute Gasteiger partial charge is 0.276 e. The van der Waals surface area contributed by atoms with Crippen LogP contribution in [-0.2, 0) is 6.61 Å². The molecule has 0 saturated carbocycles. The zero-order chi connectivity index (χ0) is 16.4. The summed E-state index contributed by atoms with van der Waals surface area (Å²) >= 11 is 0. The van der Waals surface area contributed by atoms with E-state index in [4.69, 9.17) is 4.74 Å². The van der Waals surface area contributed by atoms with Crippen molar-refractivity contribution in [3.05, 3.63) is 53.2 Å². The maximum atomic E-state index is 12.5. The fourth-order valence-electron chi connectivity index (χ4n) is 2.47. The lowest BCUT2D eigenvalue weighted by Gasteiger charge is -2.09. The van der Waals surface area contributed by atoms with Crippen LogP contribution in [0.3, 0.4) is 0 Å². The SMILES string of the molecule is COc1ccc(NC(=O)c2n[nH]c3ccc(C)cc23)cc1CO. The molecule has 0 bridgehead atoms. The van der Waals surface area contributed by atoms with E-state index in [2.05, 4.69) is 15.5 Å². The number of carbonyl (C=O) groups excluding carboxylic acids is 1. The van der Waals surface area contributed by atoms with E-state index >= 15 is 0 Å². The van der Waals surface area contributed by atoms with Crippen molar-refractivity contribution in [2.24, 2.45) is 0 Å². The molecule has 0 unspecified atom stereocenters. The molecule has 1 heterocycles. The minimum Gasteiger partial charge on any atom is -0.496 e. The summed E-state index contributed by atoms with van der Waals surface area (Å²) in [5, 5.41) is 19.9. The molecular formula is C17H17N3O3. The summed E-state index contributed by atoms with van der Waals surface area (Å²) in [5.74, 6) is 0.266. The van der Waals surface area contributed by atoms with Crippen molar-refractivity contribution in [3.8, 4) is 5.75 Å². The fraction of sp³-hybridized carbons (Fsp3) is 0.176. The third kappa shape index (κ3) is 2.89. The molecule has 0 saturated heterocycles. The van der Waals surface area contributed by atoms with Gasteiger partial charge in [0.25, 0.3) is 5.91 Å². The van der Waals surface area contributed by atoms with Crippen LogP contribution in [0.4, 0.5) is 5.69 Å². The van der Waals surface area contributed by atoms with Gasteiger partial charge in [-0.25, -0.2) is 0 Å². The van der Waals surface area contributed by atoms with Crippen LogP contribution in [0, 0.1) is 6.92 Å². The van der Waals surface area contributed by atoms with Crippen molar-refractivity contribution < 1.29 is 14.6 Å². The summed E-state index contributed by atoms with van der Waals surface area (Å²) in [4.78, 5) is 12.5. The number of rotatable bonds is 4. The number of fused-ring (bicyclic) bond motifs is 1.